The molecule has 9 nitrogen and oxygen atoms in total. The zero-order valence-corrected chi connectivity index (χ0v) is 30.4. The summed E-state index contributed by atoms with van der Waals surface area (Å²) >= 11 is 0. The molecular formula is C39H59N3O6. The van der Waals surface area contributed by atoms with Crippen LogP contribution in [0.4, 0.5) is 0 Å². The van der Waals surface area contributed by atoms with Crippen LogP contribution in [-0.2, 0) is 25.5 Å². The molecule has 0 saturated carbocycles. The van der Waals surface area contributed by atoms with Gasteiger partial charge in [0.05, 0.1) is 32.0 Å². The third-order valence-electron chi connectivity index (χ3n) is 8.93. The number of hydrogen-bond acceptors (Lipinski definition) is 8. The van der Waals surface area contributed by atoms with Crippen LogP contribution in [0.5, 0.6) is 5.75 Å². The van der Waals surface area contributed by atoms with Gasteiger partial charge in [0.15, 0.2) is 0 Å². The van der Waals surface area contributed by atoms with Gasteiger partial charge in [0.1, 0.15) is 5.75 Å². The summed E-state index contributed by atoms with van der Waals surface area (Å²) < 4.78 is 16.6. The molecule has 1 aromatic rings. The second kappa shape index (κ2) is 18.5. The van der Waals surface area contributed by atoms with Crippen molar-refractivity contribution >= 4 is 11.9 Å². The fourth-order valence-corrected chi connectivity index (χ4v) is 5.78. The molecule has 4 atom stereocenters. The van der Waals surface area contributed by atoms with Crippen molar-refractivity contribution in [1.29, 1.82) is 0 Å². The lowest BCUT2D eigenvalue weighted by Crippen LogP contribution is -2.53. The van der Waals surface area contributed by atoms with Gasteiger partial charge in [0.25, 0.3) is 5.91 Å². The second-order valence-electron chi connectivity index (χ2n) is 14.7. The smallest absolute Gasteiger partial charge is 0.334 e. The highest BCUT2D eigenvalue weighted by atomic mass is 16.5. The molecule has 1 amide bonds. The molecule has 0 radical (unpaired) electrons. The molecule has 1 aromatic carbocycles. The maximum Gasteiger partial charge on any atom is 0.334 e. The van der Waals surface area contributed by atoms with E-state index in [1.807, 2.05) is 49.4 Å². The van der Waals surface area contributed by atoms with Gasteiger partial charge in [-0.2, -0.15) is 0 Å². The summed E-state index contributed by atoms with van der Waals surface area (Å²) in [5.41, 5.74) is 2.81. The number of allylic oxidation sites excluding steroid dienone is 3. The van der Waals surface area contributed by atoms with Crippen molar-refractivity contribution in [1.82, 2.24) is 16.0 Å². The van der Waals surface area contributed by atoms with Crippen LogP contribution < -0.4 is 20.7 Å². The Bertz CT molecular complexity index is 1340. The quantitative estimate of drug-likeness (QED) is 0.125. The summed E-state index contributed by atoms with van der Waals surface area (Å²) in [6, 6.07) is 7.21. The average molecular weight is 666 g/mol. The Balaban J connectivity index is 1.70. The van der Waals surface area contributed by atoms with E-state index in [-0.39, 0.29) is 29.9 Å². The van der Waals surface area contributed by atoms with E-state index in [0.29, 0.717) is 30.6 Å². The van der Waals surface area contributed by atoms with E-state index in [4.69, 9.17) is 14.2 Å². The number of benzene rings is 1. The minimum Gasteiger partial charge on any atom is -0.494 e. The first-order chi connectivity index (χ1) is 22.7. The molecule has 2 aliphatic rings. The van der Waals surface area contributed by atoms with Crippen LogP contribution in [0.1, 0.15) is 72.8 Å². The van der Waals surface area contributed by atoms with Gasteiger partial charge in [-0.05, 0) is 93.3 Å². The number of amides is 1. The third kappa shape index (κ3) is 12.7. The summed E-state index contributed by atoms with van der Waals surface area (Å²) in [5, 5.41) is 21.7. The van der Waals surface area contributed by atoms with Crippen molar-refractivity contribution in [2.75, 3.05) is 40.5 Å². The Labute approximate surface area is 288 Å². The molecule has 2 aliphatic carbocycles. The van der Waals surface area contributed by atoms with E-state index in [2.05, 4.69) is 56.6 Å². The molecule has 3 rings (SSSR count). The van der Waals surface area contributed by atoms with Crippen molar-refractivity contribution in [3.05, 3.63) is 76.9 Å². The highest BCUT2D eigenvalue weighted by molar-refractivity contribution is 6.00. The van der Waals surface area contributed by atoms with Crippen LogP contribution >= 0.6 is 0 Å². The lowest BCUT2D eigenvalue weighted by atomic mass is 9.86. The Morgan fingerprint density at radius 1 is 1.10 bits per heavy atom. The van der Waals surface area contributed by atoms with Crippen molar-refractivity contribution in [2.45, 2.75) is 97.4 Å². The van der Waals surface area contributed by atoms with Gasteiger partial charge in [0.2, 0.25) is 0 Å². The SMILES string of the molecule is COC(=O)C1=CC(C(=O)N[C@@H](Cc2cccc(OCCCCNCC(C)(C)C)c2)[C@H](O)CNC(C)(C)C2=CC=CC(OC)C2)=CCC1C. The van der Waals surface area contributed by atoms with Crippen LogP contribution in [0, 0.1) is 11.3 Å². The van der Waals surface area contributed by atoms with Crippen molar-refractivity contribution < 1.29 is 28.9 Å². The van der Waals surface area contributed by atoms with Gasteiger partial charge < -0.3 is 35.3 Å². The van der Waals surface area contributed by atoms with E-state index in [9.17, 15) is 14.7 Å². The normalized spacial score (nSPS) is 19.5. The number of aliphatic hydroxyl groups excluding tert-OH is 1. The molecule has 0 aliphatic heterocycles. The Hall–Kier alpha value is -3.24. The number of unbranched alkanes of at least 4 members (excludes halogenated alkanes) is 1. The maximum atomic E-state index is 13.6. The molecular weight excluding hydrogens is 606 g/mol. The summed E-state index contributed by atoms with van der Waals surface area (Å²) in [7, 11) is 3.04. The van der Waals surface area contributed by atoms with E-state index in [0.717, 1.165) is 43.7 Å². The number of hydrogen-bond donors (Lipinski definition) is 4. The van der Waals surface area contributed by atoms with Gasteiger partial charge in [0, 0.05) is 36.8 Å². The van der Waals surface area contributed by atoms with Crippen LogP contribution in [-0.4, -0.2) is 81.2 Å². The second-order valence-corrected chi connectivity index (χ2v) is 14.7. The van der Waals surface area contributed by atoms with Crippen molar-refractivity contribution in [3.8, 4) is 5.75 Å². The van der Waals surface area contributed by atoms with Gasteiger partial charge in [-0.1, -0.05) is 64.1 Å². The Morgan fingerprint density at radius 2 is 1.88 bits per heavy atom. The molecule has 0 heterocycles. The minimum absolute atomic E-state index is 0.0112. The first-order valence-corrected chi connectivity index (χ1v) is 17.3. The van der Waals surface area contributed by atoms with Gasteiger partial charge in [-0.3, -0.25) is 4.79 Å². The Kier molecular flexibility index (Phi) is 15.1. The fraction of sp³-hybridized carbons (Fsp3) is 0.590. The minimum atomic E-state index is -0.913. The molecule has 0 bridgehead atoms. The summed E-state index contributed by atoms with van der Waals surface area (Å²) in [6.07, 6.45) is 12.3. The van der Waals surface area contributed by atoms with E-state index in [1.165, 1.54) is 12.7 Å². The number of rotatable bonds is 18. The highest BCUT2D eigenvalue weighted by Crippen LogP contribution is 2.27. The van der Waals surface area contributed by atoms with Crippen LogP contribution in [0.3, 0.4) is 0 Å². The summed E-state index contributed by atoms with van der Waals surface area (Å²) in [6.45, 7) is 15.6. The van der Waals surface area contributed by atoms with Crippen LogP contribution in [0.25, 0.3) is 0 Å². The van der Waals surface area contributed by atoms with Crippen LogP contribution in [0.2, 0.25) is 0 Å². The van der Waals surface area contributed by atoms with Gasteiger partial charge in [-0.15, -0.1) is 0 Å². The zero-order chi connectivity index (χ0) is 35.3. The molecule has 0 fully saturated rings. The van der Waals surface area contributed by atoms with E-state index in [1.54, 1.807) is 13.2 Å². The number of aliphatic hydroxyl groups is 1. The van der Waals surface area contributed by atoms with Crippen molar-refractivity contribution in [2.24, 2.45) is 11.3 Å². The number of methoxy groups -OCH3 is 2. The van der Waals surface area contributed by atoms with E-state index < -0.39 is 23.7 Å². The summed E-state index contributed by atoms with van der Waals surface area (Å²) in [4.78, 5) is 25.9. The maximum absolute atomic E-state index is 13.6. The topological polar surface area (TPSA) is 118 Å². The first-order valence-electron chi connectivity index (χ1n) is 17.3. The lowest BCUT2D eigenvalue weighted by molar-refractivity contribution is -0.136. The number of carbonyl (C=O) groups excluding carboxylic acids is 2. The molecule has 4 N–H and O–H groups in total. The van der Waals surface area contributed by atoms with Crippen molar-refractivity contribution in [3.63, 3.8) is 0 Å². The summed E-state index contributed by atoms with van der Waals surface area (Å²) in [5.74, 6) is -0.0776. The number of β-amino-alcohol motifs (C(OH)–C–C–N with tert-alkyl or cyclic N) is 1. The third-order valence-corrected chi connectivity index (χ3v) is 8.93. The number of nitrogens with one attached hydrogen (secondary N) is 3. The molecule has 266 valence electrons. The van der Waals surface area contributed by atoms with Gasteiger partial charge >= 0.3 is 5.97 Å². The highest BCUT2D eigenvalue weighted by Gasteiger charge is 2.30. The fourth-order valence-electron chi connectivity index (χ4n) is 5.78. The lowest BCUT2D eigenvalue weighted by Gasteiger charge is -2.35. The van der Waals surface area contributed by atoms with Crippen LogP contribution in [0.15, 0.2) is 71.4 Å². The first kappa shape index (κ1) is 39.2. The molecule has 2 unspecified atom stereocenters. The van der Waals surface area contributed by atoms with Gasteiger partial charge in [-0.25, -0.2) is 4.79 Å². The molecule has 0 aromatic heterocycles. The monoisotopic (exact) mass is 665 g/mol. The number of ether oxygens (including phenoxy) is 3. The molecule has 9 heteroatoms. The largest absolute Gasteiger partial charge is 0.494 e. The predicted molar refractivity (Wildman–Crippen MR) is 192 cm³/mol. The zero-order valence-electron chi connectivity index (χ0n) is 30.4. The standard InChI is InChI=1S/C39H59N3O6/c1-27-17-18-29(23-33(27)37(45)47-8)36(44)42-34(35(43)25-41-39(5,6)30-14-12-15-31(24-30)46-7)22-28-13-11-16-32(21-28)48-20-10-9-19-40-26-38(2,3)4/h11-16,18,21,23,27,31,34-35,40-41,43H,9-10,17,19-20,22,24-26H2,1-8H3,(H,42,44)/t27?,31?,34-,35+/m0/s1. The Morgan fingerprint density at radius 3 is 2.58 bits per heavy atom. The predicted octanol–water partition coefficient (Wildman–Crippen LogP) is 5.20. The number of carbonyl (C=O) groups is 2. The molecule has 0 saturated heterocycles. The molecule has 48 heavy (non-hydrogen) atoms. The molecule has 0 spiro atoms. The average Bonchev–Trinajstić information content (AvgIpc) is 3.06. The number of esters is 1. The van der Waals surface area contributed by atoms with E-state index >= 15 is 0 Å².